The van der Waals surface area contributed by atoms with Crippen molar-refractivity contribution >= 4 is 23.5 Å². The molecule has 0 atom stereocenters. The van der Waals surface area contributed by atoms with Crippen LogP contribution in [0.2, 0.25) is 0 Å². The van der Waals surface area contributed by atoms with Crippen molar-refractivity contribution in [1.82, 2.24) is 0 Å². The first-order chi connectivity index (χ1) is 15.3. The summed E-state index contributed by atoms with van der Waals surface area (Å²) in [5.41, 5.74) is -0.848. The zero-order valence-corrected chi connectivity index (χ0v) is 18.8. The van der Waals surface area contributed by atoms with Gasteiger partial charge < -0.3 is 9.47 Å². The molecule has 0 aliphatic heterocycles. The van der Waals surface area contributed by atoms with Gasteiger partial charge in [0.2, 0.25) is 11.6 Å². The Morgan fingerprint density at radius 2 is 0.750 bits per heavy atom. The maximum atomic E-state index is 12.5. The van der Waals surface area contributed by atoms with Crippen LogP contribution in [0.25, 0.3) is 0 Å². The summed E-state index contributed by atoms with van der Waals surface area (Å²) in [6.07, 6.45) is 11.6. The lowest BCUT2D eigenvalue weighted by Crippen LogP contribution is -2.53. The Morgan fingerprint density at radius 1 is 0.500 bits per heavy atom. The molecule has 8 aliphatic rings. The summed E-state index contributed by atoms with van der Waals surface area (Å²) in [5, 5.41) is 0. The number of esters is 2. The summed E-state index contributed by atoms with van der Waals surface area (Å²) >= 11 is 0. The maximum Gasteiger partial charge on any atom is 0.314 e. The summed E-state index contributed by atoms with van der Waals surface area (Å²) < 4.78 is 11.7. The van der Waals surface area contributed by atoms with E-state index in [1.807, 2.05) is 0 Å². The molecule has 32 heavy (non-hydrogen) atoms. The number of ether oxygens (including phenoxy) is 2. The van der Waals surface area contributed by atoms with Crippen LogP contribution in [-0.4, -0.2) is 34.7 Å². The van der Waals surface area contributed by atoms with Gasteiger partial charge in [0.05, 0.1) is 0 Å². The lowest BCUT2D eigenvalue weighted by Gasteiger charge is -2.55. The molecule has 0 heterocycles. The van der Waals surface area contributed by atoms with Crippen LogP contribution in [0.5, 0.6) is 0 Å². The first-order valence-corrected chi connectivity index (χ1v) is 12.8. The third-order valence-electron chi connectivity index (χ3n) is 9.55. The van der Waals surface area contributed by atoms with Crippen molar-refractivity contribution in [2.45, 2.75) is 101 Å². The minimum atomic E-state index is -0.831. The largest absolute Gasteiger partial charge is 0.459 e. The van der Waals surface area contributed by atoms with Crippen LogP contribution in [0.4, 0.5) is 0 Å². The van der Waals surface area contributed by atoms with Crippen LogP contribution >= 0.6 is 0 Å². The Hall–Kier alpha value is -1.72. The van der Waals surface area contributed by atoms with E-state index in [0.717, 1.165) is 38.5 Å². The molecule has 8 saturated carbocycles. The van der Waals surface area contributed by atoms with Crippen molar-refractivity contribution < 1.29 is 28.7 Å². The average molecular weight is 443 g/mol. The molecule has 0 saturated heterocycles. The van der Waals surface area contributed by atoms with Crippen molar-refractivity contribution in [2.24, 2.45) is 35.5 Å². The lowest BCUT2D eigenvalue weighted by molar-refractivity contribution is -0.189. The summed E-state index contributed by atoms with van der Waals surface area (Å²) in [6.45, 7) is 0. The molecule has 0 radical (unpaired) electrons. The zero-order valence-electron chi connectivity index (χ0n) is 18.8. The molecule has 0 amide bonds. The van der Waals surface area contributed by atoms with Gasteiger partial charge in [0.25, 0.3) is 0 Å². The van der Waals surface area contributed by atoms with Gasteiger partial charge in [0.1, 0.15) is 24.0 Å². The van der Waals surface area contributed by atoms with Gasteiger partial charge in [-0.3, -0.25) is 19.2 Å². The second kappa shape index (κ2) is 7.39. The van der Waals surface area contributed by atoms with E-state index in [9.17, 15) is 19.2 Å². The SMILES string of the molecule is O=C(CC(=O)C(=O)CC(=O)OC12CC3CC(CC(C3)C1)C2)OC12CC3CC(CC(C3)C1)C2. The lowest BCUT2D eigenvalue weighted by atomic mass is 9.54. The number of Topliss-reactive ketones (excluding diaryl/α,β-unsaturated/α-hetero) is 2. The molecular weight excluding hydrogens is 408 g/mol. The van der Waals surface area contributed by atoms with Crippen LogP contribution in [0.15, 0.2) is 0 Å². The minimum Gasteiger partial charge on any atom is -0.459 e. The van der Waals surface area contributed by atoms with E-state index in [0.29, 0.717) is 35.5 Å². The third kappa shape index (κ3) is 3.81. The van der Waals surface area contributed by atoms with E-state index >= 15 is 0 Å². The topological polar surface area (TPSA) is 86.7 Å². The molecule has 0 aromatic carbocycles. The molecule has 174 valence electrons. The van der Waals surface area contributed by atoms with Crippen molar-refractivity contribution in [3.05, 3.63) is 0 Å². The van der Waals surface area contributed by atoms with Gasteiger partial charge >= 0.3 is 11.9 Å². The number of hydrogen-bond donors (Lipinski definition) is 0. The number of hydrogen-bond acceptors (Lipinski definition) is 6. The smallest absolute Gasteiger partial charge is 0.314 e. The predicted molar refractivity (Wildman–Crippen MR) is 113 cm³/mol. The second-order valence-electron chi connectivity index (χ2n) is 12.3. The van der Waals surface area contributed by atoms with Gasteiger partial charge in [-0.15, -0.1) is 0 Å². The first kappa shape index (κ1) is 20.9. The minimum absolute atomic E-state index is 0.424. The van der Waals surface area contributed by atoms with Gasteiger partial charge in [-0.05, 0) is 113 Å². The van der Waals surface area contributed by atoms with Gasteiger partial charge in [0.15, 0.2) is 0 Å². The molecule has 6 heteroatoms. The number of ketones is 2. The molecular formula is C26H34O6. The number of carbonyl (C=O) groups is 4. The molecule has 8 aliphatic carbocycles. The predicted octanol–water partition coefficient (Wildman–Crippen LogP) is 3.93. The molecule has 0 unspecified atom stereocenters. The fourth-order valence-corrected chi connectivity index (χ4v) is 9.33. The van der Waals surface area contributed by atoms with E-state index in [2.05, 4.69) is 0 Å². The average Bonchev–Trinajstić information content (AvgIpc) is 2.64. The van der Waals surface area contributed by atoms with Crippen molar-refractivity contribution in [3.8, 4) is 0 Å². The molecule has 6 nitrogen and oxygen atoms in total. The van der Waals surface area contributed by atoms with Crippen LogP contribution in [-0.2, 0) is 28.7 Å². The fourth-order valence-electron chi connectivity index (χ4n) is 9.33. The molecule has 0 N–H and O–H groups in total. The molecule has 8 fully saturated rings. The molecule has 0 aromatic rings. The van der Waals surface area contributed by atoms with Crippen LogP contribution in [0, 0.1) is 35.5 Å². The Balaban J connectivity index is 1.00. The van der Waals surface area contributed by atoms with Crippen molar-refractivity contribution in [3.63, 3.8) is 0 Å². The summed E-state index contributed by atoms with van der Waals surface area (Å²) in [4.78, 5) is 49.8. The monoisotopic (exact) mass is 442 g/mol. The Bertz CT molecular complexity index is 716. The quantitative estimate of drug-likeness (QED) is 0.337. The van der Waals surface area contributed by atoms with Gasteiger partial charge in [-0.2, -0.15) is 0 Å². The molecule has 0 aromatic heterocycles. The number of carbonyl (C=O) groups excluding carboxylic acids is 4. The Kier molecular flexibility index (Phi) is 4.82. The van der Waals surface area contributed by atoms with E-state index in [4.69, 9.17) is 9.47 Å². The van der Waals surface area contributed by atoms with Crippen LogP contribution < -0.4 is 0 Å². The molecule has 8 rings (SSSR count). The van der Waals surface area contributed by atoms with Gasteiger partial charge in [-0.1, -0.05) is 0 Å². The van der Waals surface area contributed by atoms with E-state index in [1.54, 1.807) is 0 Å². The van der Waals surface area contributed by atoms with Gasteiger partial charge in [-0.25, -0.2) is 0 Å². The van der Waals surface area contributed by atoms with Crippen molar-refractivity contribution in [2.75, 3.05) is 0 Å². The zero-order chi connectivity index (χ0) is 22.1. The van der Waals surface area contributed by atoms with E-state index in [1.165, 1.54) is 38.5 Å². The highest BCUT2D eigenvalue weighted by molar-refractivity contribution is 6.42. The van der Waals surface area contributed by atoms with Crippen molar-refractivity contribution in [1.29, 1.82) is 0 Å². The summed E-state index contributed by atoms with van der Waals surface area (Å²) in [7, 11) is 0. The van der Waals surface area contributed by atoms with E-state index in [-0.39, 0.29) is 0 Å². The molecule has 8 bridgehead atoms. The first-order valence-electron chi connectivity index (χ1n) is 12.8. The van der Waals surface area contributed by atoms with Crippen LogP contribution in [0.3, 0.4) is 0 Å². The maximum absolute atomic E-state index is 12.5. The fraction of sp³-hybridized carbons (Fsp3) is 0.846. The number of rotatable bonds is 7. The van der Waals surface area contributed by atoms with Crippen LogP contribution in [0.1, 0.15) is 89.9 Å². The highest BCUT2D eigenvalue weighted by Gasteiger charge is 2.54. The second-order valence-corrected chi connectivity index (χ2v) is 12.3. The summed E-state index contributed by atoms with van der Waals surface area (Å²) in [5.74, 6) is 0.897. The molecule has 0 spiro atoms. The highest BCUT2D eigenvalue weighted by atomic mass is 16.6. The summed E-state index contributed by atoms with van der Waals surface area (Å²) in [6, 6.07) is 0. The Labute approximate surface area is 189 Å². The van der Waals surface area contributed by atoms with E-state index < -0.39 is 47.5 Å². The highest BCUT2D eigenvalue weighted by Crippen LogP contribution is 2.58. The van der Waals surface area contributed by atoms with Gasteiger partial charge in [0, 0.05) is 0 Å². The standard InChI is InChI=1S/C26H34O6/c27-21(7-23(29)31-25-9-15-1-16(10-25)3-17(2-15)11-25)22(28)8-24(30)32-26-12-18-4-19(13-26)6-20(5-18)14-26/h15-20H,1-14H2. The third-order valence-corrected chi connectivity index (χ3v) is 9.55. The Morgan fingerprint density at radius 3 is 1.00 bits per heavy atom. The normalized spacial score (nSPS) is 45.0.